The van der Waals surface area contributed by atoms with E-state index in [0.29, 0.717) is 59.0 Å². The van der Waals surface area contributed by atoms with E-state index in [4.69, 9.17) is 32.7 Å². The molecule has 1 N–H and O–H groups in total. The third kappa shape index (κ3) is 6.48. The normalized spacial score (nSPS) is 13.8. The number of carbonyl (C=O) groups is 2. The molecule has 0 spiro atoms. The topological polar surface area (TPSA) is 71.1 Å². The number of hydrogen-bond acceptors (Lipinski definition) is 5. The predicted octanol–water partition coefficient (Wildman–Crippen LogP) is 5.76. The Morgan fingerprint density at radius 1 is 0.865 bits per heavy atom. The molecule has 37 heavy (non-hydrogen) atoms. The average molecular weight is 542 g/mol. The molecule has 1 fully saturated rings. The van der Waals surface area contributed by atoms with E-state index in [-0.39, 0.29) is 11.8 Å². The number of nitrogens with zero attached hydrogens (tertiary/aromatic N) is 2. The first kappa shape index (κ1) is 26.6. The maximum atomic E-state index is 13.0. The van der Waals surface area contributed by atoms with E-state index >= 15 is 0 Å². The van der Waals surface area contributed by atoms with Crippen LogP contribution in [0.4, 0.5) is 11.4 Å². The highest BCUT2D eigenvalue weighted by Gasteiger charge is 2.30. The van der Waals surface area contributed by atoms with Gasteiger partial charge in [-0.1, -0.05) is 23.2 Å². The van der Waals surface area contributed by atoms with Crippen LogP contribution in [-0.2, 0) is 4.79 Å². The lowest BCUT2D eigenvalue weighted by Crippen LogP contribution is -2.48. The largest absolute Gasteiger partial charge is 0.496 e. The number of amides is 2. The first-order valence-electron chi connectivity index (χ1n) is 11.9. The number of nitrogens with one attached hydrogen (secondary N) is 1. The van der Waals surface area contributed by atoms with Gasteiger partial charge in [-0.05, 0) is 80.6 Å². The number of carbonyl (C=O) groups excluding carboxylic acids is 2. The SMILES string of the molecule is COc1ccc(Cl)cc1C(=O)N1CCN(c2ccc(NC(=O)C(C)(C)Oc3ccc(Cl)cc3)cc2)CC1. The van der Waals surface area contributed by atoms with Crippen LogP contribution in [0, 0.1) is 0 Å². The maximum Gasteiger partial charge on any atom is 0.267 e. The second kappa shape index (κ2) is 11.3. The number of anilines is 2. The second-order valence-corrected chi connectivity index (χ2v) is 10.1. The zero-order chi connectivity index (χ0) is 26.6. The van der Waals surface area contributed by atoms with Crippen LogP contribution < -0.4 is 19.7 Å². The van der Waals surface area contributed by atoms with Gasteiger partial charge in [0.05, 0.1) is 12.7 Å². The van der Waals surface area contributed by atoms with Gasteiger partial charge in [0, 0.05) is 47.6 Å². The fraction of sp³-hybridized carbons (Fsp3) is 0.286. The van der Waals surface area contributed by atoms with Crippen molar-refractivity contribution in [3.05, 3.63) is 82.3 Å². The summed E-state index contributed by atoms with van der Waals surface area (Å²) in [7, 11) is 1.54. The zero-order valence-corrected chi connectivity index (χ0v) is 22.5. The van der Waals surface area contributed by atoms with Crippen LogP contribution in [0.15, 0.2) is 66.7 Å². The first-order valence-corrected chi connectivity index (χ1v) is 12.7. The Morgan fingerprint density at radius 3 is 2.11 bits per heavy atom. The minimum atomic E-state index is -1.08. The Balaban J connectivity index is 1.33. The number of halogens is 2. The molecule has 3 aromatic carbocycles. The summed E-state index contributed by atoms with van der Waals surface area (Å²) in [6.45, 7) is 5.94. The molecule has 1 saturated heterocycles. The molecule has 0 aliphatic carbocycles. The Bertz CT molecular complexity index is 1260. The Hall–Kier alpha value is -3.42. The highest BCUT2D eigenvalue weighted by atomic mass is 35.5. The van der Waals surface area contributed by atoms with Crippen molar-refractivity contribution in [3.8, 4) is 11.5 Å². The van der Waals surface area contributed by atoms with Gasteiger partial charge in [0.25, 0.3) is 11.8 Å². The molecule has 194 valence electrons. The first-order chi connectivity index (χ1) is 17.7. The molecular formula is C28H29Cl2N3O4. The number of rotatable bonds is 7. The Labute approximate surface area is 226 Å². The molecule has 2 amide bonds. The van der Waals surface area contributed by atoms with Crippen molar-refractivity contribution in [1.82, 2.24) is 4.90 Å². The summed E-state index contributed by atoms with van der Waals surface area (Å²) in [5.74, 6) is 0.710. The summed E-state index contributed by atoms with van der Waals surface area (Å²) < 4.78 is 11.2. The Kier molecular flexibility index (Phi) is 8.15. The van der Waals surface area contributed by atoms with Gasteiger partial charge in [-0.25, -0.2) is 0 Å². The van der Waals surface area contributed by atoms with Crippen LogP contribution in [-0.4, -0.2) is 55.6 Å². The highest BCUT2D eigenvalue weighted by Crippen LogP contribution is 2.26. The predicted molar refractivity (Wildman–Crippen MR) is 147 cm³/mol. The molecule has 0 atom stereocenters. The smallest absolute Gasteiger partial charge is 0.267 e. The average Bonchev–Trinajstić information content (AvgIpc) is 2.90. The number of ether oxygens (including phenoxy) is 2. The van der Waals surface area contributed by atoms with Crippen LogP contribution in [0.5, 0.6) is 11.5 Å². The van der Waals surface area contributed by atoms with Gasteiger partial charge in [-0.3, -0.25) is 9.59 Å². The summed E-state index contributed by atoms with van der Waals surface area (Å²) in [6, 6.07) is 19.6. The van der Waals surface area contributed by atoms with Crippen LogP contribution in [0.25, 0.3) is 0 Å². The van der Waals surface area contributed by atoms with Gasteiger partial charge in [0.15, 0.2) is 5.60 Å². The van der Waals surface area contributed by atoms with Crippen molar-refractivity contribution in [2.24, 2.45) is 0 Å². The summed E-state index contributed by atoms with van der Waals surface area (Å²) in [6.07, 6.45) is 0. The van der Waals surface area contributed by atoms with Crippen molar-refractivity contribution < 1.29 is 19.1 Å². The molecule has 0 radical (unpaired) electrons. The van der Waals surface area contributed by atoms with Gasteiger partial charge >= 0.3 is 0 Å². The molecule has 1 heterocycles. The molecular weight excluding hydrogens is 513 g/mol. The van der Waals surface area contributed by atoms with E-state index in [9.17, 15) is 9.59 Å². The lowest BCUT2D eigenvalue weighted by atomic mass is 10.1. The summed E-state index contributed by atoms with van der Waals surface area (Å²) >= 11 is 12.0. The number of hydrogen-bond donors (Lipinski definition) is 1. The lowest BCUT2D eigenvalue weighted by molar-refractivity contribution is -0.128. The standard InChI is InChI=1S/C28H29Cl2N3O4/c1-28(2,37-23-11-4-19(29)5-12-23)27(35)31-21-7-9-22(10-8-21)32-14-16-33(17-15-32)26(34)24-18-20(30)6-13-25(24)36-3/h4-13,18H,14-17H2,1-3H3,(H,31,35). The summed E-state index contributed by atoms with van der Waals surface area (Å²) in [5.41, 5.74) is 1.07. The van der Waals surface area contributed by atoms with E-state index in [0.717, 1.165) is 5.69 Å². The molecule has 1 aliphatic heterocycles. The molecule has 9 heteroatoms. The van der Waals surface area contributed by atoms with Gasteiger partial charge in [0.1, 0.15) is 11.5 Å². The molecule has 0 saturated carbocycles. The van der Waals surface area contributed by atoms with Gasteiger partial charge in [-0.2, -0.15) is 0 Å². The van der Waals surface area contributed by atoms with Crippen molar-refractivity contribution in [1.29, 1.82) is 0 Å². The van der Waals surface area contributed by atoms with E-state index in [1.165, 1.54) is 7.11 Å². The molecule has 3 aromatic rings. The molecule has 0 bridgehead atoms. The van der Waals surface area contributed by atoms with Crippen molar-refractivity contribution in [3.63, 3.8) is 0 Å². The summed E-state index contributed by atoms with van der Waals surface area (Å²) in [5, 5.41) is 4.01. The molecule has 0 aromatic heterocycles. The summed E-state index contributed by atoms with van der Waals surface area (Å²) in [4.78, 5) is 29.9. The monoisotopic (exact) mass is 541 g/mol. The molecule has 4 rings (SSSR count). The molecule has 7 nitrogen and oxygen atoms in total. The van der Waals surface area contributed by atoms with E-state index in [1.54, 1.807) is 56.3 Å². The van der Waals surface area contributed by atoms with Crippen LogP contribution in [0.1, 0.15) is 24.2 Å². The number of methoxy groups -OCH3 is 1. The van der Waals surface area contributed by atoms with Crippen LogP contribution >= 0.6 is 23.2 Å². The maximum absolute atomic E-state index is 13.0. The third-order valence-corrected chi connectivity index (χ3v) is 6.67. The third-order valence-electron chi connectivity index (χ3n) is 6.18. The van der Waals surface area contributed by atoms with Crippen LogP contribution in [0.2, 0.25) is 10.0 Å². The fourth-order valence-electron chi connectivity index (χ4n) is 4.07. The quantitative estimate of drug-likeness (QED) is 0.411. The van der Waals surface area contributed by atoms with E-state index < -0.39 is 5.60 Å². The lowest BCUT2D eigenvalue weighted by Gasteiger charge is -2.36. The van der Waals surface area contributed by atoms with Crippen molar-refractivity contribution >= 4 is 46.4 Å². The highest BCUT2D eigenvalue weighted by molar-refractivity contribution is 6.31. The fourth-order valence-corrected chi connectivity index (χ4v) is 4.36. The van der Waals surface area contributed by atoms with E-state index in [1.807, 2.05) is 29.2 Å². The molecule has 0 unspecified atom stereocenters. The second-order valence-electron chi connectivity index (χ2n) is 9.19. The number of benzene rings is 3. The minimum Gasteiger partial charge on any atom is -0.496 e. The number of piperazine rings is 1. The van der Waals surface area contributed by atoms with E-state index in [2.05, 4.69) is 10.2 Å². The Morgan fingerprint density at radius 2 is 1.49 bits per heavy atom. The molecule has 1 aliphatic rings. The van der Waals surface area contributed by atoms with Crippen molar-refractivity contribution in [2.75, 3.05) is 43.5 Å². The minimum absolute atomic E-state index is 0.0968. The van der Waals surface area contributed by atoms with Gasteiger partial charge in [0.2, 0.25) is 0 Å². The zero-order valence-electron chi connectivity index (χ0n) is 21.0. The van der Waals surface area contributed by atoms with Crippen molar-refractivity contribution in [2.45, 2.75) is 19.4 Å². The van der Waals surface area contributed by atoms with Crippen LogP contribution in [0.3, 0.4) is 0 Å². The van der Waals surface area contributed by atoms with Gasteiger partial charge in [-0.15, -0.1) is 0 Å². The van der Waals surface area contributed by atoms with Gasteiger partial charge < -0.3 is 24.6 Å².